The molecule has 2 rings (SSSR count). The van der Waals surface area contributed by atoms with E-state index in [0.717, 1.165) is 10.7 Å². The molecule has 0 unspecified atom stereocenters. The van der Waals surface area contributed by atoms with E-state index in [1.165, 1.54) is 6.20 Å². The molecule has 0 N–H and O–H groups in total. The van der Waals surface area contributed by atoms with Crippen LogP contribution < -0.4 is 0 Å². The van der Waals surface area contributed by atoms with E-state index in [9.17, 15) is 13.2 Å². The van der Waals surface area contributed by atoms with Gasteiger partial charge in [0.25, 0.3) is 0 Å². The summed E-state index contributed by atoms with van der Waals surface area (Å²) in [5.74, 6) is 0. The van der Waals surface area contributed by atoms with Crippen LogP contribution in [0.25, 0.3) is 0 Å². The van der Waals surface area contributed by atoms with Crippen LogP contribution in [0.1, 0.15) is 11.3 Å². The predicted molar refractivity (Wildman–Crippen MR) is 62.8 cm³/mol. The highest BCUT2D eigenvalue weighted by molar-refractivity contribution is 6.35. The van der Waals surface area contributed by atoms with Crippen LogP contribution >= 0.6 is 23.2 Å². The molecule has 96 valence electrons. The van der Waals surface area contributed by atoms with Crippen LogP contribution in [0.2, 0.25) is 10.0 Å². The maximum absolute atomic E-state index is 12.4. The molecule has 0 fully saturated rings. The molecule has 18 heavy (non-hydrogen) atoms. The molecule has 0 radical (unpaired) electrons. The molecule has 1 aromatic heterocycles. The van der Waals surface area contributed by atoms with Gasteiger partial charge in [-0.3, -0.25) is 4.68 Å². The summed E-state index contributed by atoms with van der Waals surface area (Å²) in [5, 5.41) is 4.22. The number of rotatable bonds is 2. The molecule has 2 aromatic rings. The van der Waals surface area contributed by atoms with Crippen LogP contribution in [0.15, 0.2) is 30.5 Å². The first-order valence-corrected chi connectivity index (χ1v) is 5.67. The van der Waals surface area contributed by atoms with E-state index in [2.05, 4.69) is 5.10 Å². The number of nitrogens with zero attached hydrogens (tertiary/aromatic N) is 2. The van der Waals surface area contributed by atoms with Crippen molar-refractivity contribution in [2.75, 3.05) is 0 Å². The van der Waals surface area contributed by atoms with Gasteiger partial charge in [-0.25, -0.2) is 0 Å². The fraction of sp³-hybridized carbons (Fsp3) is 0.182. The van der Waals surface area contributed by atoms with Crippen LogP contribution in [0.5, 0.6) is 0 Å². The summed E-state index contributed by atoms with van der Waals surface area (Å²) in [6, 6.07) is 5.82. The Labute approximate surface area is 111 Å². The second kappa shape index (κ2) is 4.82. The zero-order chi connectivity index (χ0) is 13.3. The minimum absolute atomic E-state index is 0.0919. The zero-order valence-corrected chi connectivity index (χ0v) is 10.4. The molecule has 0 bridgehead atoms. The lowest BCUT2D eigenvalue weighted by atomic mass is 10.2. The standard InChI is InChI=1S/C11H7Cl2F3N2/c12-8-2-1-3-9(13)7(8)6-18-5-4-10(17-18)11(14,15)16/h1-5H,6H2. The van der Waals surface area contributed by atoms with Crippen molar-refractivity contribution >= 4 is 23.2 Å². The van der Waals surface area contributed by atoms with Gasteiger partial charge >= 0.3 is 6.18 Å². The lowest BCUT2D eigenvalue weighted by Crippen LogP contribution is -2.08. The highest BCUT2D eigenvalue weighted by atomic mass is 35.5. The molecule has 0 atom stereocenters. The summed E-state index contributed by atoms with van der Waals surface area (Å²) in [6.07, 6.45) is -3.21. The Morgan fingerprint density at radius 1 is 1.11 bits per heavy atom. The maximum Gasteiger partial charge on any atom is 0.435 e. The summed E-state index contributed by atoms with van der Waals surface area (Å²) in [5.41, 5.74) is -0.400. The van der Waals surface area contributed by atoms with E-state index in [4.69, 9.17) is 23.2 Å². The topological polar surface area (TPSA) is 17.8 Å². The summed E-state index contributed by atoms with van der Waals surface area (Å²) >= 11 is 11.9. The average molecular weight is 295 g/mol. The summed E-state index contributed by atoms with van der Waals surface area (Å²) in [7, 11) is 0. The molecule has 0 aliphatic heterocycles. The first kappa shape index (κ1) is 13.2. The summed E-state index contributed by atoms with van der Waals surface area (Å²) < 4.78 is 38.3. The molecule has 0 spiro atoms. The van der Waals surface area contributed by atoms with Crippen molar-refractivity contribution in [3.63, 3.8) is 0 Å². The lowest BCUT2D eigenvalue weighted by Gasteiger charge is -2.07. The first-order valence-electron chi connectivity index (χ1n) is 4.91. The molecule has 1 heterocycles. The van der Waals surface area contributed by atoms with Gasteiger partial charge in [0, 0.05) is 21.8 Å². The average Bonchev–Trinajstić information content (AvgIpc) is 2.72. The monoisotopic (exact) mass is 294 g/mol. The van der Waals surface area contributed by atoms with Gasteiger partial charge in [0.05, 0.1) is 6.54 Å². The Morgan fingerprint density at radius 3 is 2.22 bits per heavy atom. The van der Waals surface area contributed by atoms with E-state index in [1.54, 1.807) is 18.2 Å². The SMILES string of the molecule is FC(F)(F)c1ccn(Cc2c(Cl)cccc2Cl)n1. The van der Waals surface area contributed by atoms with Crippen LogP contribution in [-0.4, -0.2) is 9.78 Å². The Morgan fingerprint density at radius 2 is 1.72 bits per heavy atom. The van der Waals surface area contributed by atoms with Gasteiger partial charge in [0.1, 0.15) is 0 Å². The van der Waals surface area contributed by atoms with Crippen LogP contribution in [0, 0.1) is 0 Å². The second-order valence-corrected chi connectivity index (χ2v) is 4.41. The van der Waals surface area contributed by atoms with Crippen LogP contribution in [0.3, 0.4) is 0 Å². The molecule has 0 amide bonds. The maximum atomic E-state index is 12.4. The lowest BCUT2D eigenvalue weighted by molar-refractivity contribution is -0.141. The van der Waals surface area contributed by atoms with Gasteiger partial charge in [-0.1, -0.05) is 29.3 Å². The molecular weight excluding hydrogens is 288 g/mol. The molecule has 0 saturated heterocycles. The van der Waals surface area contributed by atoms with Crippen molar-refractivity contribution in [2.45, 2.75) is 12.7 Å². The summed E-state index contributed by atoms with van der Waals surface area (Å²) in [4.78, 5) is 0. The molecule has 1 aromatic carbocycles. The highest BCUT2D eigenvalue weighted by Crippen LogP contribution is 2.28. The van der Waals surface area contributed by atoms with E-state index < -0.39 is 11.9 Å². The number of hydrogen-bond donors (Lipinski definition) is 0. The Balaban J connectivity index is 2.27. The van der Waals surface area contributed by atoms with Gasteiger partial charge in [0.15, 0.2) is 5.69 Å². The van der Waals surface area contributed by atoms with Gasteiger partial charge < -0.3 is 0 Å². The fourth-order valence-electron chi connectivity index (χ4n) is 1.45. The van der Waals surface area contributed by atoms with Crippen molar-refractivity contribution in [3.05, 3.63) is 51.8 Å². The third-order valence-corrected chi connectivity index (χ3v) is 3.02. The van der Waals surface area contributed by atoms with Crippen molar-refractivity contribution in [2.24, 2.45) is 0 Å². The van der Waals surface area contributed by atoms with Crippen molar-refractivity contribution < 1.29 is 13.2 Å². The minimum Gasteiger partial charge on any atom is -0.268 e. The molecule has 0 aliphatic rings. The number of benzene rings is 1. The molecule has 0 aliphatic carbocycles. The predicted octanol–water partition coefficient (Wildman–Crippen LogP) is 4.26. The van der Waals surface area contributed by atoms with Crippen molar-refractivity contribution in [1.29, 1.82) is 0 Å². The molecular formula is C11H7Cl2F3N2. The van der Waals surface area contributed by atoms with Gasteiger partial charge in [-0.15, -0.1) is 0 Å². The first-order chi connectivity index (χ1) is 8.38. The molecule has 7 heteroatoms. The van der Waals surface area contributed by atoms with Gasteiger partial charge in [-0.2, -0.15) is 18.3 Å². The van der Waals surface area contributed by atoms with Gasteiger partial charge in [0.2, 0.25) is 0 Å². The van der Waals surface area contributed by atoms with E-state index in [0.29, 0.717) is 15.6 Å². The fourth-order valence-corrected chi connectivity index (χ4v) is 1.96. The largest absolute Gasteiger partial charge is 0.435 e. The van der Waals surface area contributed by atoms with Crippen LogP contribution in [-0.2, 0) is 12.7 Å². The quantitative estimate of drug-likeness (QED) is 0.809. The zero-order valence-electron chi connectivity index (χ0n) is 8.88. The van der Waals surface area contributed by atoms with Gasteiger partial charge in [-0.05, 0) is 18.2 Å². The number of aromatic nitrogens is 2. The van der Waals surface area contributed by atoms with E-state index in [-0.39, 0.29) is 6.54 Å². The normalized spacial score (nSPS) is 11.8. The number of halogens is 5. The van der Waals surface area contributed by atoms with E-state index in [1.807, 2.05) is 0 Å². The highest BCUT2D eigenvalue weighted by Gasteiger charge is 2.33. The Hall–Kier alpha value is -1.20. The number of hydrogen-bond acceptors (Lipinski definition) is 1. The number of alkyl halides is 3. The molecule has 0 saturated carbocycles. The molecule has 2 nitrogen and oxygen atoms in total. The summed E-state index contributed by atoms with van der Waals surface area (Å²) in [6.45, 7) is 0.0919. The van der Waals surface area contributed by atoms with Crippen LogP contribution in [0.4, 0.5) is 13.2 Å². The third-order valence-electron chi connectivity index (χ3n) is 2.31. The van der Waals surface area contributed by atoms with Crippen molar-refractivity contribution in [3.8, 4) is 0 Å². The second-order valence-electron chi connectivity index (χ2n) is 3.60. The smallest absolute Gasteiger partial charge is 0.268 e. The Bertz CT molecular complexity index is 543. The van der Waals surface area contributed by atoms with E-state index >= 15 is 0 Å². The van der Waals surface area contributed by atoms with Crippen molar-refractivity contribution in [1.82, 2.24) is 9.78 Å². The minimum atomic E-state index is -4.45. The third kappa shape index (κ3) is 2.79. The Kier molecular flexibility index (Phi) is 3.54.